The molecular formula is C26H28ClF5N2O4S. The summed E-state index contributed by atoms with van der Waals surface area (Å²) in [4.78, 5) is 14.4. The molecule has 1 amide bonds. The van der Waals surface area contributed by atoms with Crippen molar-refractivity contribution >= 4 is 27.5 Å². The van der Waals surface area contributed by atoms with Gasteiger partial charge in [0, 0.05) is 19.1 Å². The molecule has 1 aliphatic heterocycles. The fourth-order valence-electron chi connectivity index (χ4n) is 4.95. The second kappa shape index (κ2) is 11.2. The molecule has 13 heteroatoms. The highest BCUT2D eigenvalue weighted by Gasteiger charge is 2.35. The number of nitrogens with zero attached hydrogens (tertiary/aromatic N) is 1. The standard InChI is InChI=1S/C26H28ClF5N2O4S/c1-3-17-11-18(38-23-10-16(26(30,31)32)9-21(27)24(23)29)6-7-34(17)13-15-8-22(28)20(12-19(15)14-4-5-14)25(35)33-39(2,36)37/h8-10,12,14,17-18H,3-7,11,13H2,1-2H3,(H,33,35)/t17-,18-/m0/s1. The van der Waals surface area contributed by atoms with E-state index in [1.165, 1.54) is 12.1 Å². The zero-order chi connectivity index (χ0) is 28.7. The minimum atomic E-state index is -4.71. The lowest BCUT2D eigenvalue weighted by molar-refractivity contribution is -0.137. The normalized spacial score (nSPS) is 20.6. The first-order valence-electron chi connectivity index (χ1n) is 12.5. The van der Waals surface area contributed by atoms with Crippen LogP contribution in [0, 0.1) is 11.6 Å². The van der Waals surface area contributed by atoms with Crippen LogP contribution in [0.15, 0.2) is 24.3 Å². The van der Waals surface area contributed by atoms with Crippen LogP contribution in [0.3, 0.4) is 0 Å². The third-order valence-electron chi connectivity index (χ3n) is 7.02. The third kappa shape index (κ3) is 7.20. The molecule has 2 aromatic rings. The van der Waals surface area contributed by atoms with Crippen molar-refractivity contribution in [2.75, 3.05) is 12.8 Å². The maximum absolute atomic E-state index is 14.9. The van der Waals surface area contributed by atoms with Gasteiger partial charge in [-0.3, -0.25) is 9.69 Å². The zero-order valence-electron chi connectivity index (χ0n) is 21.2. The van der Waals surface area contributed by atoms with E-state index in [0.717, 1.165) is 24.7 Å². The van der Waals surface area contributed by atoms with Crippen LogP contribution in [0.25, 0.3) is 0 Å². The molecule has 0 aromatic heterocycles. The molecule has 0 radical (unpaired) electrons. The lowest BCUT2D eigenvalue weighted by Crippen LogP contribution is -2.45. The van der Waals surface area contributed by atoms with E-state index in [2.05, 4.69) is 4.90 Å². The van der Waals surface area contributed by atoms with Gasteiger partial charge in [-0.2, -0.15) is 13.2 Å². The first-order valence-corrected chi connectivity index (χ1v) is 14.7. The fraction of sp³-hybridized carbons (Fsp3) is 0.500. The number of ether oxygens (including phenoxy) is 1. The van der Waals surface area contributed by atoms with Crippen LogP contribution in [-0.2, 0) is 22.7 Å². The maximum atomic E-state index is 14.9. The minimum absolute atomic E-state index is 0.0867. The molecule has 1 N–H and O–H groups in total. The van der Waals surface area contributed by atoms with Gasteiger partial charge in [-0.1, -0.05) is 18.5 Å². The van der Waals surface area contributed by atoms with Crippen molar-refractivity contribution in [3.63, 3.8) is 0 Å². The van der Waals surface area contributed by atoms with Crippen molar-refractivity contribution in [2.45, 2.75) is 69.8 Å². The summed E-state index contributed by atoms with van der Waals surface area (Å²) in [5, 5.41) is -0.674. The molecule has 6 nitrogen and oxygen atoms in total. The number of likely N-dealkylation sites (tertiary alicyclic amines) is 1. The van der Waals surface area contributed by atoms with Crippen molar-refractivity contribution in [3.05, 3.63) is 63.2 Å². The topological polar surface area (TPSA) is 75.7 Å². The summed E-state index contributed by atoms with van der Waals surface area (Å²) in [6, 6.07) is 3.73. The fourth-order valence-corrected chi connectivity index (χ4v) is 5.61. The molecule has 2 fully saturated rings. The SMILES string of the molecule is CC[C@H]1C[C@@H](Oc2cc(C(F)(F)F)cc(Cl)c2F)CCN1Cc1cc(F)c(C(=O)NS(C)(=O)=O)cc1C1CC1. The summed E-state index contributed by atoms with van der Waals surface area (Å²) in [6.45, 7) is 2.74. The van der Waals surface area contributed by atoms with Gasteiger partial charge in [0.25, 0.3) is 5.91 Å². The number of amides is 1. The van der Waals surface area contributed by atoms with Crippen molar-refractivity contribution in [1.29, 1.82) is 0 Å². The molecule has 0 bridgehead atoms. The Labute approximate surface area is 228 Å². The Morgan fingerprint density at radius 3 is 2.44 bits per heavy atom. The number of rotatable bonds is 8. The third-order valence-corrected chi connectivity index (χ3v) is 7.85. The van der Waals surface area contributed by atoms with E-state index < -0.39 is 56.2 Å². The Hall–Kier alpha value is -2.44. The first kappa shape index (κ1) is 29.5. The van der Waals surface area contributed by atoms with Crippen LogP contribution in [0.1, 0.15) is 72.0 Å². The number of alkyl halides is 3. The highest BCUT2D eigenvalue weighted by atomic mass is 35.5. The highest BCUT2D eigenvalue weighted by Crippen LogP contribution is 2.43. The second-order valence-corrected chi connectivity index (χ2v) is 12.2. The average molecular weight is 595 g/mol. The van der Waals surface area contributed by atoms with Gasteiger partial charge in [0.15, 0.2) is 11.6 Å². The second-order valence-electron chi connectivity index (χ2n) is 10.1. The van der Waals surface area contributed by atoms with Crippen molar-refractivity contribution in [2.24, 2.45) is 0 Å². The molecule has 214 valence electrons. The molecule has 4 rings (SSSR count). The monoisotopic (exact) mass is 594 g/mol. The van der Waals surface area contributed by atoms with Crippen molar-refractivity contribution in [3.8, 4) is 5.75 Å². The van der Waals surface area contributed by atoms with Gasteiger partial charge in [-0.15, -0.1) is 0 Å². The quantitative estimate of drug-likeness (QED) is 0.378. The number of halogens is 6. The number of piperidine rings is 1. The summed E-state index contributed by atoms with van der Waals surface area (Å²) in [6.07, 6.45) is -1.27. The predicted molar refractivity (Wildman–Crippen MR) is 135 cm³/mol. The minimum Gasteiger partial charge on any atom is -0.487 e. The molecule has 1 aliphatic carbocycles. The van der Waals surface area contributed by atoms with Gasteiger partial charge >= 0.3 is 6.18 Å². The van der Waals surface area contributed by atoms with Gasteiger partial charge < -0.3 is 4.74 Å². The summed E-state index contributed by atoms with van der Waals surface area (Å²) in [5.41, 5.74) is 0.0204. The molecule has 1 saturated heterocycles. The molecule has 2 aliphatic rings. The summed E-state index contributed by atoms with van der Waals surface area (Å²) in [5.74, 6) is -3.33. The number of sulfonamides is 1. The Bertz CT molecular complexity index is 1370. The Balaban J connectivity index is 1.51. The molecule has 2 aromatic carbocycles. The lowest BCUT2D eigenvalue weighted by atomic mass is 9.94. The Morgan fingerprint density at radius 2 is 1.85 bits per heavy atom. The van der Waals surface area contributed by atoms with Gasteiger partial charge in [0.1, 0.15) is 11.9 Å². The van der Waals surface area contributed by atoms with E-state index in [-0.39, 0.29) is 17.5 Å². The molecule has 0 spiro atoms. The van der Waals surface area contributed by atoms with Crippen LogP contribution in [0.5, 0.6) is 5.75 Å². The molecule has 39 heavy (non-hydrogen) atoms. The highest BCUT2D eigenvalue weighted by molar-refractivity contribution is 7.89. The lowest BCUT2D eigenvalue weighted by Gasteiger charge is -2.39. The van der Waals surface area contributed by atoms with E-state index in [1.54, 1.807) is 4.72 Å². The largest absolute Gasteiger partial charge is 0.487 e. The van der Waals surface area contributed by atoms with E-state index in [9.17, 15) is 35.2 Å². The van der Waals surface area contributed by atoms with Gasteiger partial charge in [-0.05, 0) is 73.4 Å². The zero-order valence-corrected chi connectivity index (χ0v) is 22.8. The molecular weight excluding hydrogens is 567 g/mol. The Morgan fingerprint density at radius 1 is 1.15 bits per heavy atom. The van der Waals surface area contributed by atoms with Crippen molar-refractivity contribution in [1.82, 2.24) is 9.62 Å². The average Bonchev–Trinajstić information content (AvgIpc) is 3.66. The summed E-state index contributed by atoms with van der Waals surface area (Å²) in [7, 11) is -3.86. The van der Waals surface area contributed by atoms with Gasteiger partial charge in [0.05, 0.1) is 22.4 Å². The first-order chi connectivity index (χ1) is 18.2. The molecule has 2 atom stereocenters. The summed E-state index contributed by atoms with van der Waals surface area (Å²) < 4.78 is 99.3. The number of hydrogen-bond acceptors (Lipinski definition) is 5. The van der Waals surface area contributed by atoms with Gasteiger partial charge in [0.2, 0.25) is 10.0 Å². The summed E-state index contributed by atoms with van der Waals surface area (Å²) >= 11 is 5.68. The van der Waals surface area contributed by atoms with Gasteiger partial charge in [-0.25, -0.2) is 21.9 Å². The number of carbonyl (C=O) groups excluding carboxylic acids is 1. The van der Waals surface area contributed by atoms with E-state index in [0.29, 0.717) is 50.0 Å². The Kier molecular flexibility index (Phi) is 8.49. The predicted octanol–water partition coefficient (Wildman–Crippen LogP) is 6.03. The van der Waals surface area contributed by atoms with Crippen LogP contribution in [0.4, 0.5) is 22.0 Å². The molecule has 1 saturated carbocycles. The van der Waals surface area contributed by atoms with Crippen LogP contribution < -0.4 is 9.46 Å². The molecule has 1 heterocycles. The number of nitrogens with one attached hydrogen (secondary N) is 1. The number of carbonyl (C=O) groups is 1. The van der Waals surface area contributed by atoms with E-state index >= 15 is 0 Å². The number of hydrogen-bond donors (Lipinski definition) is 1. The smallest absolute Gasteiger partial charge is 0.416 e. The maximum Gasteiger partial charge on any atom is 0.416 e. The van der Waals surface area contributed by atoms with Crippen LogP contribution >= 0.6 is 11.6 Å². The number of benzene rings is 2. The van der Waals surface area contributed by atoms with Crippen LogP contribution in [0.2, 0.25) is 5.02 Å². The van der Waals surface area contributed by atoms with E-state index in [4.69, 9.17) is 16.3 Å². The van der Waals surface area contributed by atoms with Crippen LogP contribution in [-0.4, -0.2) is 44.2 Å². The van der Waals surface area contributed by atoms with E-state index in [1.807, 2.05) is 6.92 Å². The van der Waals surface area contributed by atoms with Crippen molar-refractivity contribution < 1.29 is 39.9 Å². The molecule has 0 unspecified atom stereocenters.